The van der Waals surface area contributed by atoms with E-state index < -0.39 is 11.8 Å². The molecule has 2 N–H and O–H groups in total. The Morgan fingerprint density at radius 1 is 1.18 bits per heavy atom. The average Bonchev–Trinajstić information content (AvgIpc) is 3.30. The lowest BCUT2D eigenvalue weighted by atomic mass is 9.80. The molecule has 1 aliphatic rings. The minimum atomic E-state index is -1.01. The molecule has 1 aliphatic carbocycles. The minimum absolute atomic E-state index is 0.0398. The molecule has 2 heterocycles. The number of aromatic carboxylic acids is 1. The highest BCUT2D eigenvalue weighted by Gasteiger charge is 2.24. The smallest absolute Gasteiger partial charge is 0.335 e. The number of benzene rings is 2. The number of imidazole rings is 1. The Kier molecular flexibility index (Phi) is 7.82. The van der Waals surface area contributed by atoms with Gasteiger partial charge in [0.25, 0.3) is 0 Å². The molecular weight excluding hydrogens is 513 g/mol. The first-order valence-corrected chi connectivity index (χ1v) is 13.2. The predicted molar refractivity (Wildman–Crippen MR) is 147 cm³/mol. The third-order valence-electron chi connectivity index (χ3n) is 7.54. The molecule has 40 heavy (non-hydrogen) atoms. The lowest BCUT2D eigenvalue weighted by Crippen LogP contribution is -2.22. The quantitative estimate of drug-likeness (QED) is 0.278. The fourth-order valence-corrected chi connectivity index (χ4v) is 5.22. The number of pyridine rings is 1. The number of carbonyl (C=O) groups is 1. The van der Waals surface area contributed by atoms with E-state index in [9.17, 15) is 14.3 Å². The van der Waals surface area contributed by atoms with Crippen molar-refractivity contribution in [1.82, 2.24) is 14.5 Å². The van der Waals surface area contributed by atoms with E-state index in [1.807, 2.05) is 29.8 Å². The Bertz CT molecular complexity index is 1590. The van der Waals surface area contributed by atoms with Gasteiger partial charge >= 0.3 is 5.97 Å². The molecule has 0 unspecified atom stereocenters. The van der Waals surface area contributed by atoms with Crippen LogP contribution >= 0.6 is 0 Å². The van der Waals surface area contributed by atoms with Crippen LogP contribution in [-0.2, 0) is 13.7 Å². The number of carboxylic acids is 1. The van der Waals surface area contributed by atoms with Crippen molar-refractivity contribution in [2.45, 2.75) is 38.2 Å². The first-order valence-electron chi connectivity index (χ1n) is 13.2. The lowest BCUT2D eigenvalue weighted by Gasteiger charge is -2.28. The summed E-state index contributed by atoms with van der Waals surface area (Å²) in [4.78, 5) is 20.9. The van der Waals surface area contributed by atoms with Crippen LogP contribution in [0.4, 0.5) is 10.3 Å². The number of anilines is 1. The van der Waals surface area contributed by atoms with Gasteiger partial charge in [0, 0.05) is 36.8 Å². The zero-order valence-electron chi connectivity index (χ0n) is 22.4. The Morgan fingerprint density at radius 2 is 1.98 bits per heavy atom. The van der Waals surface area contributed by atoms with Gasteiger partial charge in [-0.2, -0.15) is 5.26 Å². The molecule has 1 saturated carbocycles. The summed E-state index contributed by atoms with van der Waals surface area (Å²) in [5, 5.41) is 21.8. The van der Waals surface area contributed by atoms with Crippen molar-refractivity contribution in [2.75, 3.05) is 19.0 Å². The highest BCUT2D eigenvalue weighted by molar-refractivity contribution is 5.95. The molecule has 2 aromatic heterocycles. The second-order valence-corrected chi connectivity index (χ2v) is 10.1. The third-order valence-corrected chi connectivity index (χ3v) is 7.54. The number of rotatable bonds is 9. The number of nitrogens with zero attached hydrogens (tertiary/aromatic N) is 4. The molecule has 206 valence electrons. The summed E-state index contributed by atoms with van der Waals surface area (Å²) in [6.07, 6.45) is 4.03. The summed E-state index contributed by atoms with van der Waals surface area (Å²) in [5.41, 5.74) is 3.09. The molecule has 10 heteroatoms. The molecule has 5 rings (SSSR count). The second-order valence-electron chi connectivity index (χ2n) is 10.1. The van der Waals surface area contributed by atoms with Gasteiger partial charge in [-0.05, 0) is 61.9 Å². The lowest BCUT2D eigenvalue weighted by molar-refractivity contribution is 0.0696. The fourth-order valence-electron chi connectivity index (χ4n) is 5.22. The van der Waals surface area contributed by atoms with Crippen LogP contribution < -0.4 is 14.8 Å². The maximum atomic E-state index is 14.2. The number of hydrogen-bond donors (Lipinski definition) is 2. The summed E-state index contributed by atoms with van der Waals surface area (Å²) in [7, 11) is 3.36. The Morgan fingerprint density at radius 3 is 2.67 bits per heavy atom. The van der Waals surface area contributed by atoms with Crippen molar-refractivity contribution >= 4 is 23.0 Å². The maximum Gasteiger partial charge on any atom is 0.335 e. The molecule has 0 saturated heterocycles. The topological polar surface area (TPSA) is 122 Å². The number of halogens is 1. The highest BCUT2D eigenvalue weighted by atomic mass is 19.1. The number of nitriles is 1. The fraction of sp³-hybridized carbons (Fsp3) is 0.333. The van der Waals surface area contributed by atoms with Crippen molar-refractivity contribution < 1.29 is 23.8 Å². The second kappa shape index (κ2) is 11.6. The summed E-state index contributed by atoms with van der Waals surface area (Å²) < 4.78 is 27.2. The highest BCUT2D eigenvalue weighted by Crippen LogP contribution is 2.36. The Hall–Kier alpha value is -4.65. The van der Waals surface area contributed by atoms with E-state index in [0.29, 0.717) is 46.0 Å². The molecule has 4 aromatic rings. The summed E-state index contributed by atoms with van der Waals surface area (Å²) in [6, 6.07) is 15.1. The van der Waals surface area contributed by atoms with Gasteiger partial charge in [0.2, 0.25) is 11.8 Å². The van der Waals surface area contributed by atoms with Crippen molar-refractivity contribution in [3.63, 3.8) is 0 Å². The summed E-state index contributed by atoms with van der Waals surface area (Å²) >= 11 is 0. The van der Waals surface area contributed by atoms with Gasteiger partial charge in [-0.3, -0.25) is 0 Å². The van der Waals surface area contributed by atoms with Crippen LogP contribution in [0.15, 0.2) is 48.5 Å². The van der Waals surface area contributed by atoms with Gasteiger partial charge in [0.15, 0.2) is 0 Å². The number of methoxy groups -OCH3 is 1. The molecule has 0 atom stereocenters. The zero-order valence-corrected chi connectivity index (χ0v) is 22.4. The monoisotopic (exact) mass is 543 g/mol. The summed E-state index contributed by atoms with van der Waals surface area (Å²) in [5.74, 6) is 0.855. The number of nitrogens with one attached hydrogen (secondary N) is 1. The van der Waals surface area contributed by atoms with Gasteiger partial charge in [0.1, 0.15) is 23.7 Å². The van der Waals surface area contributed by atoms with Crippen molar-refractivity contribution in [2.24, 2.45) is 13.0 Å². The van der Waals surface area contributed by atoms with Crippen LogP contribution in [0.25, 0.3) is 11.0 Å². The molecule has 0 spiro atoms. The number of ether oxygens (including phenoxy) is 2. The van der Waals surface area contributed by atoms with E-state index >= 15 is 0 Å². The van der Waals surface area contributed by atoms with Crippen LogP contribution in [0.5, 0.6) is 11.6 Å². The molecule has 0 aliphatic heterocycles. The Labute approximate surface area is 231 Å². The SMILES string of the molecule is COc1cc(C(=O)O)cc2c1nc(NCC1CCC(c3cccc(OCc4ccc(C#N)cc4F)n3)CC1)n2C. The third kappa shape index (κ3) is 5.69. The largest absolute Gasteiger partial charge is 0.494 e. The normalized spacial score (nSPS) is 16.9. The van der Waals surface area contributed by atoms with Gasteiger partial charge in [0.05, 0.1) is 29.8 Å². The molecule has 0 bridgehead atoms. The number of carboxylic acid groups (broad SMARTS) is 1. The first-order chi connectivity index (χ1) is 19.4. The first kappa shape index (κ1) is 26.9. The van der Waals surface area contributed by atoms with Gasteiger partial charge < -0.3 is 24.5 Å². The predicted octanol–water partition coefficient (Wildman–Crippen LogP) is 5.65. The number of hydrogen-bond acceptors (Lipinski definition) is 7. The van der Waals surface area contributed by atoms with E-state index in [0.717, 1.165) is 37.9 Å². The minimum Gasteiger partial charge on any atom is -0.494 e. The number of fused-ring (bicyclic) bond motifs is 1. The zero-order chi connectivity index (χ0) is 28.2. The van der Waals surface area contributed by atoms with Crippen molar-refractivity contribution in [1.29, 1.82) is 5.26 Å². The van der Waals surface area contributed by atoms with Crippen molar-refractivity contribution in [3.05, 3.63) is 76.7 Å². The van der Waals surface area contributed by atoms with Crippen LogP contribution in [0, 0.1) is 23.1 Å². The Balaban J connectivity index is 1.17. The molecule has 1 fully saturated rings. The molecule has 0 radical (unpaired) electrons. The van der Waals surface area contributed by atoms with E-state index in [1.165, 1.54) is 19.2 Å². The number of aryl methyl sites for hydroxylation is 1. The van der Waals surface area contributed by atoms with Crippen molar-refractivity contribution in [3.8, 4) is 17.7 Å². The number of aromatic nitrogens is 3. The van der Waals surface area contributed by atoms with Crippen LogP contribution in [0.1, 0.15) is 58.8 Å². The molecule has 0 amide bonds. The van der Waals surface area contributed by atoms with Crippen LogP contribution in [0.2, 0.25) is 0 Å². The van der Waals surface area contributed by atoms with E-state index in [4.69, 9.17) is 14.7 Å². The average molecular weight is 544 g/mol. The van der Waals surface area contributed by atoms with E-state index in [1.54, 1.807) is 24.3 Å². The molecular formula is C30H30FN5O4. The summed E-state index contributed by atoms with van der Waals surface area (Å²) in [6.45, 7) is 0.794. The maximum absolute atomic E-state index is 14.2. The standard InChI is InChI=1S/C30H30FN5O4/c1-36-25-13-22(29(37)38)14-26(39-2)28(25)35-30(36)33-16-18-6-9-20(10-7-18)24-4-3-5-27(34-24)40-17-21-11-8-19(15-32)12-23(21)31/h3-5,8,11-14,18,20H,6-7,9-10,16-17H2,1-2H3,(H,33,35)(H,37,38). The van der Waals surface area contributed by atoms with E-state index in [2.05, 4.69) is 15.3 Å². The van der Waals surface area contributed by atoms with Crippen LogP contribution in [-0.4, -0.2) is 39.3 Å². The van der Waals surface area contributed by atoms with Gasteiger partial charge in [-0.25, -0.2) is 19.2 Å². The molecule has 9 nitrogen and oxygen atoms in total. The van der Waals surface area contributed by atoms with E-state index in [-0.39, 0.29) is 17.7 Å². The van der Waals surface area contributed by atoms with Gasteiger partial charge in [-0.15, -0.1) is 0 Å². The molecule has 2 aromatic carbocycles. The van der Waals surface area contributed by atoms with Gasteiger partial charge in [-0.1, -0.05) is 12.1 Å². The van der Waals surface area contributed by atoms with Crippen LogP contribution in [0.3, 0.4) is 0 Å².